The maximum atomic E-state index is 10.9. The van der Waals surface area contributed by atoms with Crippen LogP contribution in [0.1, 0.15) is 24.0 Å². The van der Waals surface area contributed by atoms with Crippen LogP contribution < -0.4 is 5.32 Å². The minimum Gasteiger partial charge on any atom is -0.385 e. The van der Waals surface area contributed by atoms with E-state index in [9.17, 15) is 5.11 Å². The lowest BCUT2D eigenvalue weighted by atomic mass is 9.78. The van der Waals surface area contributed by atoms with Gasteiger partial charge in [0.2, 0.25) is 0 Å². The van der Waals surface area contributed by atoms with Gasteiger partial charge in [-0.25, -0.2) is 0 Å². The Bertz CT molecular complexity index is 480. The van der Waals surface area contributed by atoms with Crippen molar-refractivity contribution < 1.29 is 9.84 Å². The Hall–Kier alpha value is -1.34. The van der Waals surface area contributed by atoms with E-state index in [0.717, 1.165) is 11.1 Å². The Kier molecular flexibility index (Phi) is 2.87. The lowest BCUT2D eigenvalue weighted by Crippen LogP contribution is -2.58. The first kappa shape index (κ1) is 11.7. The summed E-state index contributed by atoms with van der Waals surface area (Å²) in [5.41, 5.74) is 0.967. The number of aliphatic hydroxyl groups is 1. The number of fused-ring (bicyclic) bond motifs is 2. The molecule has 3 nitrogen and oxygen atoms in total. The second-order valence-corrected chi connectivity index (χ2v) is 5.26. The van der Waals surface area contributed by atoms with E-state index in [-0.39, 0.29) is 12.1 Å². The van der Waals surface area contributed by atoms with E-state index >= 15 is 0 Å². The molecule has 3 rings (SSSR count). The molecule has 0 radical (unpaired) electrons. The number of terminal acetylenes is 1. The average Bonchev–Trinajstić information content (AvgIpc) is 2.38. The van der Waals surface area contributed by atoms with Gasteiger partial charge in [-0.05, 0) is 30.5 Å². The first-order valence-corrected chi connectivity index (χ1v) is 6.33. The van der Waals surface area contributed by atoms with Gasteiger partial charge >= 0.3 is 0 Å². The van der Waals surface area contributed by atoms with Crippen molar-refractivity contribution in [2.75, 3.05) is 13.2 Å². The highest BCUT2D eigenvalue weighted by molar-refractivity contribution is 5.38. The molecule has 1 aromatic rings. The second-order valence-electron chi connectivity index (χ2n) is 5.26. The van der Waals surface area contributed by atoms with E-state index in [1.165, 1.54) is 0 Å². The summed E-state index contributed by atoms with van der Waals surface area (Å²) in [6, 6.07) is 8.15. The van der Waals surface area contributed by atoms with Crippen molar-refractivity contribution in [2.24, 2.45) is 0 Å². The van der Waals surface area contributed by atoms with E-state index in [0.29, 0.717) is 26.1 Å². The molecule has 2 heterocycles. The van der Waals surface area contributed by atoms with Crippen LogP contribution in [-0.4, -0.2) is 30.4 Å². The summed E-state index contributed by atoms with van der Waals surface area (Å²) in [4.78, 5) is 0. The van der Waals surface area contributed by atoms with Crippen molar-refractivity contribution in [1.29, 1.82) is 0 Å². The van der Waals surface area contributed by atoms with Crippen LogP contribution in [0.3, 0.4) is 0 Å². The number of morpholine rings is 1. The van der Waals surface area contributed by atoms with Crippen molar-refractivity contribution in [1.82, 2.24) is 5.32 Å². The van der Waals surface area contributed by atoms with Crippen molar-refractivity contribution in [3.05, 3.63) is 35.4 Å². The van der Waals surface area contributed by atoms with Gasteiger partial charge in [-0.15, -0.1) is 6.42 Å². The Morgan fingerprint density at radius 3 is 2.72 bits per heavy atom. The Morgan fingerprint density at radius 2 is 2.06 bits per heavy atom. The molecule has 2 saturated heterocycles. The molecule has 0 aromatic heterocycles. The number of benzene rings is 1. The van der Waals surface area contributed by atoms with Crippen molar-refractivity contribution in [2.45, 2.75) is 30.5 Å². The second kappa shape index (κ2) is 4.40. The smallest absolute Gasteiger partial charge is 0.0928 e. The van der Waals surface area contributed by atoms with Crippen LogP contribution in [-0.2, 0) is 10.3 Å². The Balaban J connectivity index is 1.92. The zero-order chi connectivity index (χ0) is 12.6. The molecule has 2 N–H and O–H groups in total. The third kappa shape index (κ3) is 2.04. The van der Waals surface area contributed by atoms with E-state index < -0.39 is 5.60 Å². The van der Waals surface area contributed by atoms with E-state index in [1.807, 2.05) is 24.3 Å². The highest BCUT2D eigenvalue weighted by atomic mass is 16.5. The number of hydrogen-bond acceptors (Lipinski definition) is 3. The fourth-order valence-corrected chi connectivity index (χ4v) is 3.05. The van der Waals surface area contributed by atoms with Gasteiger partial charge in [-0.2, -0.15) is 0 Å². The van der Waals surface area contributed by atoms with Crippen molar-refractivity contribution in [3.8, 4) is 12.3 Å². The van der Waals surface area contributed by atoms with Gasteiger partial charge in [-0.3, -0.25) is 0 Å². The molecular formula is C15H17NO2. The van der Waals surface area contributed by atoms with Gasteiger partial charge in [-0.1, -0.05) is 18.1 Å². The molecule has 0 saturated carbocycles. The minimum atomic E-state index is -0.781. The molecule has 0 aliphatic carbocycles. The molecule has 3 heteroatoms. The molecule has 2 unspecified atom stereocenters. The summed E-state index contributed by atoms with van der Waals surface area (Å²) in [7, 11) is 0. The number of hydrogen-bond donors (Lipinski definition) is 2. The summed E-state index contributed by atoms with van der Waals surface area (Å²) in [6.45, 7) is 1.35. The first-order chi connectivity index (χ1) is 8.69. The van der Waals surface area contributed by atoms with Crippen LogP contribution in [0.5, 0.6) is 0 Å². The van der Waals surface area contributed by atoms with E-state index in [2.05, 4.69) is 11.2 Å². The van der Waals surface area contributed by atoms with Gasteiger partial charge < -0.3 is 15.2 Å². The Labute approximate surface area is 107 Å². The lowest BCUT2D eigenvalue weighted by molar-refractivity contribution is -0.0802. The van der Waals surface area contributed by atoms with Crippen LogP contribution in [0, 0.1) is 12.3 Å². The fraction of sp³-hybridized carbons (Fsp3) is 0.467. The lowest BCUT2D eigenvalue weighted by Gasteiger charge is -2.45. The number of rotatable bonds is 1. The van der Waals surface area contributed by atoms with Crippen LogP contribution >= 0.6 is 0 Å². The van der Waals surface area contributed by atoms with Crippen molar-refractivity contribution >= 4 is 0 Å². The van der Waals surface area contributed by atoms with Crippen LogP contribution in [0.25, 0.3) is 0 Å². The molecule has 2 atom stereocenters. The van der Waals surface area contributed by atoms with Gasteiger partial charge in [0.15, 0.2) is 0 Å². The van der Waals surface area contributed by atoms with Crippen LogP contribution in [0.4, 0.5) is 0 Å². The topological polar surface area (TPSA) is 41.5 Å². The van der Waals surface area contributed by atoms with Gasteiger partial charge in [0.1, 0.15) is 0 Å². The summed E-state index contributed by atoms with van der Waals surface area (Å²) in [5.74, 6) is 2.62. The summed E-state index contributed by atoms with van der Waals surface area (Å²) in [5, 5.41) is 14.4. The van der Waals surface area contributed by atoms with E-state index in [1.54, 1.807) is 0 Å². The van der Waals surface area contributed by atoms with Crippen LogP contribution in [0.15, 0.2) is 24.3 Å². The van der Waals surface area contributed by atoms with Crippen LogP contribution in [0.2, 0.25) is 0 Å². The largest absolute Gasteiger partial charge is 0.385 e. The highest BCUT2D eigenvalue weighted by Crippen LogP contribution is 2.36. The highest BCUT2D eigenvalue weighted by Gasteiger charge is 2.42. The molecular weight excluding hydrogens is 226 g/mol. The third-order valence-electron chi connectivity index (χ3n) is 3.84. The van der Waals surface area contributed by atoms with Crippen molar-refractivity contribution in [3.63, 3.8) is 0 Å². The molecule has 2 aliphatic rings. The zero-order valence-electron chi connectivity index (χ0n) is 10.2. The summed E-state index contributed by atoms with van der Waals surface area (Å²) in [6.07, 6.45) is 6.78. The maximum absolute atomic E-state index is 10.9. The number of nitrogens with one attached hydrogen (secondary N) is 1. The molecule has 2 aliphatic heterocycles. The minimum absolute atomic E-state index is 0.233. The molecule has 18 heavy (non-hydrogen) atoms. The Morgan fingerprint density at radius 1 is 1.33 bits per heavy atom. The predicted octanol–water partition coefficient (Wildman–Crippen LogP) is 1.01. The first-order valence-electron chi connectivity index (χ1n) is 6.33. The summed E-state index contributed by atoms with van der Waals surface area (Å²) >= 11 is 0. The summed E-state index contributed by atoms with van der Waals surface area (Å²) < 4.78 is 5.50. The zero-order valence-corrected chi connectivity index (χ0v) is 10.2. The number of piperidine rings is 1. The standard InChI is InChI=1S/C15H17NO2/c1-2-11-4-3-5-12(6-11)15(17)7-13-9-18-10-14(8-15)16-13/h1,3-6,13-14,16-17H,7-10H2. The average molecular weight is 243 g/mol. The normalized spacial score (nSPS) is 34.9. The van der Waals surface area contributed by atoms with Gasteiger partial charge in [0, 0.05) is 17.6 Å². The molecule has 2 bridgehead atoms. The monoisotopic (exact) mass is 243 g/mol. The van der Waals surface area contributed by atoms with Gasteiger partial charge in [0.25, 0.3) is 0 Å². The SMILES string of the molecule is C#Cc1cccc(C2(O)CC3COCC(C2)N3)c1. The maximum Gasteiger partial charge on any atom is 0.0928 e. The fourth-order valence-electron chi connectivity index (χ4n) is 3.05. The molecule has 1 aromatic carbocycles. The molecule has 0 spiro atoms. The molecule has 2 fully saturated rings. The molecule has 0 amide bonds. The van der Waals surface area contributed by atoms with Gasteiger partial charge in [0.05, 0.1) is 18.8 Å². The third-order valence-corrected chi connectivity index (χ3v) is 3.84. The molecule has 94 valence electrons. The predicted molar refractivity (Wildman–Crippen MR) is 69.0 cm³/mol. The quantitative estimate of drug-likeness (QED) is 0.723. The van der Waals surface area contributed by atoms with E-state index in [4.69, 9.17) is 11.2 Å². The number of ether oxygens (including phenoxy) is 1.